The Balaban J connectivity index is 1.90. The zero-order valence-electron chi connectivity index (χ0n) is 12.1. The molecule has 1 N–H and O–H groups in total. The lowest BCUT2D eigenvalue weighted by atomic mass is 10.2. The van der Waals surface area contributed by atoms with Crippen LogP contribution in [0.3, 0.4) is 0 Å². The molecule has 1 heterocycles. The van der Waals surface area contributed by atoms with E-state index in [2.05, 4.69) is 14.6 Å². The lowest BCUT2D eigenvalue weighted by Gasteiger charge is -2.07. The monoisotopic (exact) mass is 323 g/mol. The molecule has 1 aromatic heterocycles. The lowest BCUT2D eigenvalue weighted by molar-refractivity contribution is 0.0600. The minimum atomic E-state index is -3.58. The number of nitrogens with one attached hydrogen (secondary N) is 1. The number of methoxy groups -OCH3 is 1. The first-order chi connectivity index (χ1) is 10.5. The third kappa shape index (κ3) is 4.15. The van der Waals surface area contributed by atoms with E-state index in [9.17, 15) is 13.2 Å². The minimum absolute atomic E-state index is 0.110. The predicted molar refractivity (Wildman–Crippen MR) is 79.8 cm³/mol. The normalized spacial score (nSPS) is 11.3. The van der Waals surface area contributed by atoms with E-state index >= 15 is 0 Å². The zero-order valence-corrected chi connectivity index (χ0v) is 12.9. The van der Waals surface area contributed by atoms with Crippen LogP contribution in [0.25, 0.3) is 0 Å². The number of hydrogen-bond donors (Lipinski definition) is 1. The number of carbonyl (C=O) groups is 1. The highest BCUT2D eigenvalue weighted by atomic mass is 32.2. The largest absolute Gasteiger partial charge is 0.465 e. The summed E-state index contributed by atoms with van der Waals surface area (Å²) in [5.41, 5.74) is 0.306. The van der Waals surface area contributed by atoms with Gasteiger partial charge in [0, 0.05) is 25.5 Å². The molecule has 0 amide bonds. The van der Waals surface area contributed by atoms with Gasteiger partial charge in [-0.3, -0.25) is 4.68 Å². The number of sulfonamides is 1. The fourth-order valence-corrected chi connectivity index (χ4v) is 2.93. The van der Waals surface area contributed by atoms with Gasteiger partial charge in [-0.1, -0.05) is 0 Å². The quantitative estimate of drug-likeness (QED) is 0.607. The van der Waals surface area contributed by atoms with E-state index in [4.69, 9.17) is 0 Å². The van der Waals surface area contributed by atoms with Gasteiger partial charge in [0.25, 0.3) is 0 Å². The van der Waals surface area contributed by atoms with E-state index in [1.54, 1.807) is 10.9 Å². The fourth-order valence-electron chi connectivity index (χ4n) is 1.85. The van der Waals surface area contributed by atoms with Gasteiger partial charge in [-0.05, 0) is 36.8 Å². The highest BCUT2D eigenvalue weighted by Gasteiger charge is 2.14. The van der Waals surface area contributed by atoms with Gasteiger partial charge >= 0.3 is 5.97 Å². The number of benzene rings is 1. The van der Waals surface area contributed by atoms with Crippen LogP contribution >= 0.6 is 0 Å². The summed E-state index contributed by atoms with van der Waals surface area (Å²) in [5.74, 6) is -0.504. The van der Waals surface area contributed by atoms with Crippen LogP contribution in [0, 0.1) is 0 Å². The van der Waals surface area contributed by atoms with Gasteiger partial charge in [-0.15, -0.1) is 0 Å². The average molecular weight is 323 g/mol. The maximum atomic E-state index is 12.1. The summed E-state index contributed by atoms with van der Waals surface area (Å²) < 4.78 is 33.0. The van der Waals surface area contributed by atoms with Crippen molar-refractivity contribution in [3.63, 3.8) is 0 Å². The Kier molecular flexibility index (Phi) is 5.29. The summed E-state index contributed by atoms with van der Waals surface area (Å²) in [5, 5.41) is 4.04. The van der Waals surface area contributed by atoms with Crippen LogP contribution in [-0.4, -0.2) is 37.8 Å². The summed E-state index contributed by atoms with van der Waals surface area (Å²) in [6.45, 7) is 0.942. The molecule has 2 rings (SSSR count). The molecule has 0 bridgehead atoms. The fraction of sp³-hybridized carbons (Fsp3) is 0.286. The van der Waals surface area contributed by atoms with Gasteiger partial charge in [0.1, 0.15) is 0 Å². The molecule has 0 saturated carbocycles. The molecular formula is C14H17N3O4S. The summed E-state index contributed by atoms with van der Waals surface area (Å²) >= 11 is 0. The minimum Gasteiger partial charge on any atom is -0.465 e. The van der Waals surface area contributed by atoms with E-state index in [-0.39, 0.29) is 4.90 Å². The van der Waals surface area contributed by atoms with Crippen LogP contribution in [0.15, 0.2) is 47.6 Å². The van der Waals surface area contributed by atoms with Crippen LogP contribution in [0.5, 0.6) is 0 Å². The maximum absolute atomic E-state index is 12.1. The average Bonchev–Trinajstić information content (AvgIpc) is 3.04. The molecule has 0 unspecified atom stereocenters. The zero-order chi connectivity index (χ0) is 16.0. The third-order valence-electron chi connectivity index (χ3n) is 3.00. The Morgan fingerprint density at radius 2 is 2.05 bits per heavy atom. The number of esters is 1. The van der Waals surface area contributed by atoms with Crippen LogP contribution in [-0.2, 0) is 21.3 Å². The highest BCUT2D eigenvalue weighted by Crippen LogP contribution is 2.11. The molecule has 1 aromatic carbocycles. The lowest BCUT2D eigenvalue weighted by Crippen LogP contribution is -2.25. The van der Waals surface area contributed by atoms with Crippen molar-refractivity contribution in [2.24, 2.45) is 0 Å². The first-order valence-corrected chi connectivity index (χ1v) is 8.17. The first-order valence-electron chi connectivity index (χ1n) is 6.68. The highest BCUT2D eigenvalue weighted by molar-refractivity contribution is 7.89. The summed E-state index contributed by atoms with van der Waals surface area (Å²) in [6, 6.07) is 7.41. The first kappa shape index (κ1) is 16.2. The van der Waals surface area contributed by atoms with Crippen molar-refractivity contribution in [2.45, 2.75) is 17.9 Å². The van der Waals surface area contributed by atoms with Gasteiger partial charge in [0.15, 0.2) is 0 Å². The standard InChI is InChI=1S/C14H17N3O4S/c1-21-14(18)12-4-6-13(7-5-12)22(19,20)16-9-3-11-17-10-2-8-15-17/h2,4-8,10,16H,3,9,11H2,1H3. The second-order valence-corrected chi connectivity index (χ2v) is 6.30. The number of aryl methyl sites for hydroxylation is 1. The molecule has 0 atom stereocenters. The summed E-state index contributed by atoms with van der Waals surface area (Å²) in [7, 11) is -2.31. The van der Waals surface area contributed by atoms with E-state index in [0.717, 1.165) is 0 Å². The van der Waals surface area contributed by atoms with Crippen molar-refractivity contribution in [3.8, 4) is 0 Å². The number of hydrogen-bond acceptors (Lipinski definition) is 5. The van der Waals surface area contributed by atoms with Gasteiger partial charge in [-0.2, -0.15) is 5.10 Å². The smallest absolute Gasteiger partial charge is 0.337 e. The Morgan fingerprint density at radius 1 is 1.32 bits per heavy atom. The molecule has 118 valence electrons. The Hall–Kier alpha value is -2.19. The molecule has 0 aliphatic carbocycles. The van der Waals surface area contributed by atoms with Gasteiger partial charge in [0.05, 0.1) is 17.6 Å². The molecule has 0 saturated heterocycles. The van der Waals surface area contributed by atoms with Crippen molar-refractivity contribution in [3.05, 3.63) is 48.3 Å². The van der Waals surface area contributed by atoms with Crippen LogP contribution < -0.4 is 4.72 Å². The van der Waals surface area contributed by atoms with Gasteiger partial charge in [-0.25, -0.2) is 17.9 Å². The number of carbonyl (C=O) groups excluding carboxylic acids is 1. The molecule has 22 heavy (non-hydrogen) atoms. The van der Waals surface area contributed by atoms with E-state index in [0.29, 0.717) is 25.1 Å². The molecule has 0 radical (unpaired) electrons. The van der Waals surface area contributed by atoms with E-state index in [1.807, 2.05) is 12.3 Å². The van der Waals surface area contributed by atoms with Crippen LogP contribution in [0.4, 0.5) is 0 Å². The van der Waals surface area contributed by atoms with Crippen LogP contribution in [0.1, 0.15) is 16.8 Å². The van der Waals surface area contributed by atoms with Gasteiger partial charge in [0.2, 0.25) is 10.0 Å². The van der Waals surface area contributed by atoms with Crippen LogP contribution in [0.2, 0.25) is 0 Å². The molecular weight excluding hydrogens is 306 g/mol. The second-order valence-electron chi connectivity index (χ2n) is 4.54. The molecule has 0 fully saturated rings. The van der Waals surface area contributed by atoms with Crippen molar-refractivity contribution in [1.29, 1.82) is 0 Å². The van der Waals surface area contributed by atoms with Gasteiger partial charge < -0.3 is 4.74 Å². The predicted octanol–water partition coefficient (Wildman–Crippen LogP) is 1.04. The van der Waals surface area contributed by atoms with E-state index < -0.39 is 16.0 Å². The second kappa shape index (κ2) is 7.19. The number of ether oxygens (including phenoxy) is 1. The van der Waals surface area contributed by atoms with E-state index in [1.165, 1.54) is 31.4 Å². The maximum Gasteiger partial charge on any atom is 0.337 e. The Morgan fingerprint density at radius 3 is 2.64 bits per heavy atom. The molecule has 7 nitrogen and oxygen atoms in total. The van der Waals surface area contributed by atoms with Crippen molar-refractivity contribution < 1.29 is 17.9 Å². The van der Waals surface area contributed by atoms with Crippen molar-refractivity contribution >= 4 is 16.0 Å². The topological polar surface area (TPSA) is 90.3 Å². The Bertz CT molecular complexity index is 709. The molecule has 8 heteroatoms. The molecule has 0 spiro atoms. The Labute approximate surface area is 129 Å². The number of aromatic nitrogens is 2. The number of rotatable bonds is 7. The summed E-state index contributed by atoms with van der Waals surface area (Å²) in [4.78, 5) is 11.4. The molecule has 0 aliphatic rings. The summed E-state index contributed by atoms with van der Waals surface area (Å²) in [6.07, 6.45) is 4.12. The van der Waals surface area contributed by atoms with Crippen molar-refractivity contribution in [2.75, 3.05) is 13.7 Å². The third-order valence-corrected chi connectivity index (χ3v) is 4.48. The number of nitrogens with zero attached hydrogens (tertiary/aromatic N) is 2. The molecule has 2 aromatic rings. The van der Waals surface area contributed by atoms with Crippen molar-refractivity contribution in [1.82, 2.24) is 14.5 Å². The molecule has 0 aliphatic heterocycles. The SMILES string of the molecule is COC(=O)c1ccc(S(=O)(=O)NCCCn2cccn2)cc1.